The van der Waals surface area contributed by atoms with Crippen molar-refractivity contribution in [2.24, 2.45) is 5.73 Å². The van der Waals surface area contributed by atoms with Crippen LogP contribution in [0.2, 0.25) is 5.02 Å². The monoisotopic (exact) mass is 409 g/mol. The van der Waals surface area contributed by atoms with E-state index in [1.807, 2.05) is 30.3 Å². The highest BCUT2D eigenvalue weighted by Crippen LogP contribution is 2.47. The van der Waals surface area contributed by atoms with E-state index in [1.54, 1.807) is 24.3 Å². The van der Waals surface area contributed by atoms with Crippen molar-refractivity contribution in [3.8, 4) is 0 Å². The topological polar surface area (TPSA) is 78.6 Å². The van der Waals surface area contributed by atoms with Crippen LogP contribution in [0.5, 0.6) is 0 Å². The van der Waals surface area contributed by atoms with Gasteiger partial charge in [0.2, 0.25) is 5.88 Å². The fraction of sp³-hybridized carbons (Fsp3) is 0.217. The van der Waals surface area contributed by atoms with Crippen LogP contribution in [-0.4, -0.2) is 18.9 Å². The number of halogens is 1. The number of allylic oxidation sites excluding steroid dienone is 2. The molecule has 0 amide bonds. The Labute approximate surface area is 173 Å². The molecular weight excluding hydrogens is 390 g/mol. The first kappa shape index (κ1) is 19.3. The maximum absolute atomic E-state index is 13.2. The Morgan fingerprint density at radius 3 is 2.41 bits per heavy atom. The van der Waals surface area contributed by atoms with Crippen LogP contribution in [0.15, 0.2) is 77.4 Å². The molecule has 1 heterocycles. The van der Waals surface area contributed by atoms with Crippen molar-refractivity contribution in [1.82, 2.24) is 0 Å². The number of esters is 1. The fourth-order valence-electron chi connectivity index (χ4n) is 4.07. The maximum atomic E-state index is 13.2. The van der Waals surface area contributed by atoms with Crippen LogP contribution in [0.3, 0.4) is 0 Å². The fourth-order valence-corrected chi connectivity index (χ4v) is 4.19. The van der Waals surface area contributed by atoms with E-state index in [0.29, 0.717) is 29.2 Å². The normalized spacial score (nSPS) is 21.5. The van der Waals surface area contributed by atoms with Gasteiger partial charge in [-0.15, -0.1) is 0 Å². The van der Waals surface area contributed by atoms with Gasteiger partial charge in [0, 0.05) is 23.4 Å². The number of hydrogen-bond donors (Lipinski definition) is 1. The number of rotatable bonds is 3. The lowest BCUT2D eigenvalue weighted by Crippen LogP contribution is -2.32. The number of methoxy groups -OCH3 is 1. The van der Waals surface area contributed by atoms with Gasteiger partial charge in [0.15, 0.2) is 5.78 Å². The molecule has 2 N–H and O–H groups in total. The molecule has 0 bridgehead atoms. The number of hydrogen-bond acceptors (Lipinski definition) is 5. The number of carbonyl (C=O) groups is 2. The quantitative estimate of drug-likeness (QED) is 0.768. The highest BCUT2D eigenvalue weighted by molar-refractivity contribution is 6.30. The van der Waals surface area contributed by atoms with Gasteiger partial charge in [-0.3, -0.25) is 4.79 Å². The Kier molecular flexibility index (Phi) is 5.16. The number of Topliss-reactive ketones (excluding diaryl/α,β-unsaturated/α-hetero) is 1. The molecule has 1 aliphatic heterocycles. The minimum Gasteiger partial charge on any atom is -0.465 e. The van der Waals surface area contributed by atoms with Gasteiger partial charge in [-0.05, 0) is 29.2 Å². The average Bonchev–Trinajstić information content (AvgIpc) is 2.73. The van der Waals surface area contributed by atoms with Crippen molar-refractivity contribution < 1.29 is 19.1 Å². The summed E-state index contributed by atoms with van der Waals surface area (Å²) < 4.78 is 10.7. The standard InChI is InChI=1S/C23H20ClNO4/c1-28-23(27)21-19(14-7-9-16(24)10-8-14)20-17(26)11-15(12-18(20)29-22(21)25)13-5-3-2-4-6-13/h2-10,15,19H,11-12,25H2,1H3/t15-,19-/m1/s1. The van der Waals surface area contributed by atoms with Crippen molar-refractivity contribution in [1.29, 1.82) is 0 Å². The van der Waals surface area contributed by atoms with Crippen molar-refractivity contribution in [2.75, 3.05) is 7.11 Å². The second-order valence-corrected chi connectivity index (χ2v) is 7.57. The third-order valence-corrected chi connectivity index (χ3v) is 5.67. The molecule has 0 fully saturated rings. The molecule has 1 aliphatic carbocycles. The summed E-state index contributed by atoms with van der Waals surface area (Å²) in [5.41, 5.74) is 8.55. The molecule has 2 aromatic carbocycles. The predicted molar refractivity (Wildman–Crippen MR) is 109 cm³/mol. The lowest BCUT2D eigenvalue weighted by Gasteiger charge is -2.35. The zero-order valence-corrected chi connectivity index (χ0v) is 16.6. The summed E-state index contributed by atoms with van der Waals surface area (Å²) in [4.78, 5) is 25.7. The lowest BCUT2D eigenvalue weighted by molar-refractivity contribution is -0.136. The molecule has 0 aromatic heterocycles. The van der Waals surface area contributed by atoms with Crippen LogP contribution in [0.1, 0.15) is 35.8 Å². The average molecular weight is 410 g/mol. The van der Waals surface area contributed by atoms with Gasteiger partial charge in [0.1, 0.15) is 11.3 Å². The number of ketones is 1. The van der Waals surface area contributed by atoms with Gasteiger partial charge in [-0.25, -0.2) is 4.79 Å². The number of nitrogens with two attached hydrogens (primary N) is 1. The molecule has 5 nitrogen and oxygen atoms in total. The molecule has 2 aromatic rings. The summed E-state index contributed by atoms with van der Waals surface area (Å²) in [5.74, 6) is -0.841. The molecule has 2 aliphatic rings. The summed E-state index contributed by atoms with van der Waals surface area (Å²) in [6.45, 7) is 0. The minimum absolute atomic E-state index is 0.000736. The first-order valence-corrected chi connectivity index (χ1v) is 9.69. The van der Waals surface area contributed by atoms with Crippen LogP contribution in [0.25, 0.3) is 0 Å². The van der Waals surface area contributed by atoms with Crippen LogP contribution in [0, 0.1) is 0 Å². The Morgan fingerprint density at radius 2 is 1.76 bits per heavy atom. The number of carbonyl (C=O) groups excluding carboxylic acids is 2. The summed E-state index contributed by atoms with van der Waals surface area (Å²) in [6.07, 6.45) is 0.870. The van der Waals surface area contributed by atoms with Gasteiger partial charge in [-0.1, -0.05) is 54.1 Å². The molecule has 0 radical (unpaired) electrons. The number of ether oxygens (including phenoxy) is 2. The van der Waals surface area contributed by atoms with Gasteiger partial charge in [-0.2, -0.15) is 0 Å². The Balaban J connectivity index is 1.81. The highest BCUT2D eigenvalue weighted by atomic mass is 35.5. The predicted octanol–water partition coefficient (Wildman–Crippen LogP) is 4.20. The maximum Gasteiger partial charge on any atom is 0.340 e. The Morgan fingerprint density at radius 1 is 1.07 bits per heavy atom. The third kappa shape index (κ3) is 3.54. The molecule has 6 heteroatoms. The molecule has 4 rings (SSSR count). The second kappa shape index (κ2) is 7.76. The van der Waals surface area contributed by atoms with E-state index >= 15 is 0 Å². The molecule has 2 atom stereocenters. The van der Waals surface area contributed by atoms with Crippen molar-refractivity contribution in [3.63, 3.8) is 0 Å². The zero-order valence-electron chi connectivity index (χ0n) is 15.9. The van der Waals surface area contributed by atoms with Gasteiger partial charge in [0.05, 0.1) is 13.0 Å². The SMILES string of the molecule is COC(=O)C1=C(N)OC2=C(C(=O)C[C@@H](c3ccccc3)C2)[C@H]1c1ccc(Cl)cc1. The summed E-state index contributed by atoms with van der Waals surface area (Å²) >= 11 is 6.03. The van der Waals surface area contributed by atoms with E-state index in [2.05, 4.69) is 0 Å². The van der Waals surface area contributed by atoms with E-state index in [1.165, 1.54) is 7.11 Å². The van der Waals surface area contributed by atoms with Crippen molar-refractivity contribution in [3.05, 3.63) is 93.5 Å². The molecule has 29 heavy (non-hydrogen) atoms. The lowest BCUT2D eigenvalue weighted by atomic mass is 9.73. The molecule has 0 saturated heterocycles. The summed E-state index contributed by atoms with van der Waals surface area (Å²) in [7, 11) is 1.28. The van der Waals surface area contributed by atoms with Gasteiger partial charge >= 0.3 is 5.97 Å². The molecule has 0 saturated carbocycles. The largest absolute Gasteiger partial charge is 0.465 e. The Hall–Kier alpha value is -3.05. The first-order chi connectivity index (χ1) is 14.0. The summed E-state index contributed by atoms with van der Waals surface area (Å²) in [5, 5.41) is 0.561. The van der Waals surface area contributed by atoms with E-state index in [-0.39, 0.29) is 23.2 Å². The van der Waals surface area contributed by atoms with Crippen LogP contribution in [-0.2, 0) is 19.1 Å². The van der Waals surface area contributed by atoms with Crippen LogP contribution in [0.4, 0.5) is 0 Å². The van der Waals surface area contributed by atoms with Gasteiger partial charge < -0.3 is 15.2 Å². The highest BCUT2D eigenvalue weighted by Gasteiger charge is 2.43. The van der Waals surface area contributed by atoms with Crippen LogP contribution >= 0.6 is 11.6 Å². The molecule has 0 spiro atoms. The van der Waals surface area contributed by atoms with Gasteiger partial charge in [0.25, 0.3) is 0 Å². The molecule has 0 unspecified atom stereocenters. The first-order valence-electron chi connectivity index (χ1n) is 9.32. The third-order valence-electron chi connectivity index (χ3n) is 5.42. The zero-order chi connectivity index (χ0) is 20.5. The molecule has 148 valence electrons. The van der Waals surface area contributed by atoms with Crippen molar-refractivity contribution >= 4 is 23.4 Å². The second-order valence-electron chi connectivity index (χ2n) is 7.13. The van der Waals surface area contributed by atoms with E-state index < -0.39 is 11.9 Å². The molecular formula is C23H20ClNO4. The smallest absolute Gasteiger partial charge is 0.340 e. The summed E-state index contributed by atoms with van der Waals surface area (Å²) in [6, 6.07) is 16.9. The van der Waals surface area contributed by atoms with E-state index in [4.69, 9.17) is 26.8 Å². The van der Waals surface area contributed by atoms with Crippen molar-refractivity contribution in [2.45, 2.75) is 24.7 Å². The van der Waals surface area contributed by atoms with E-state index in [9.17, 15) is 9.59 Å². The van der Waals surface area contributed by atoms with Crippen LogP contribution < -0.4 is 5.73 Å². The minimum atomic E-state index is -0.646. The number of benzene rings is 2. The Bertz CT molecular complexity index is 1020. The van der Waals surface area contributed by atoms with E-state index in [0.717, 1.165) is 11.1 Å².